The molecule has 6 nitrogen and oxygen atoms in total. The second-order valence-electron chi connectivity index (χ2n) is 24.7. The third-order valence-electron chi connectivity index (χ3n) is 15.4. The smallest absolute Gasteiger partial charge is 0.213 e. The topological polar surface area (TPSA) is 53.1 Å². The number of hydrogen-bond acceptors (Lipinski definition) is 3. The molecule has 0 aliphatic heterocycles. The second kappa shape index (κ2) is 16.9. The van der Waals surface area contributed by atoms with E-state index in [2.05, 4.69) is 224 Å². The molecule has 12 aromatic rings. The van der Waals surface area contributed by atoms with Crippen molar-refractivity contribution in [1.82, 2.24) is 19.1 Å². The standard InChI is InChI=1S/C69H63N5O/c1-66(2,3)43-27-31-56-49(35-43)50-36-44(67(4,5)6)28-32-57(50)73(56)60-40-55(70-13)62(74-58-33-29-45(68(7,8)9)37-51(58)52-38-46(69(10,11)12)30-34-59(52)74)61-48-26-20-25-47(63(48)75-64(60)61)54-39-53(41-21-16-14-17-22-41)71-65(72-54)42-23-18-15-19-24-42/h14-40H,1-12H3. The molecule has 0 N–H and O–H groups in total. The van der Waals surface area contributed by atoms with E-state index < -0.39 is 0 Å². The van der Waals surface area contributed by atoms with Crippen molar-refractivity contribution < 1.29 is 4.42 Å². The van der Waals surface area contributed by atoms with E-state index >= 15 is 0 Å². The summed E-state index contributed by atoms with van der Waals surface area (Å²) in [7, 11) is 0. The van der Waals surface area contributed by atoms with Crippen LogP contribution in [0, 0.1) is 6.57 Å². The molecule has 6 heteroatoms. The number of aromatic nitrogens is 4. The summed E-state index contributed by atoms with van der Waals surface area (Å²) in [4.78, 5) is 15.0. The number of para-hydroxylation sites is 1. The van der Waals surface area contributed by atoms with Crippen LogP contribution in [0.5, 0.6) is 0 Å². The van der Waals surface area contributed by atoms with E-state index in [9.17, 15) is 6.57 Å². The van der Waals surface area contributed by atoms with Crippen LogP contribution in [0.1, 0.15) is 105 Å². The molecule has 0 amide bonds. The quantitative estimate of drug-likeness (QED) is 0.162. The molecule has 0 saturated heterocycles. The third kappa shape index (κ3) is 7.91. The molecule has 0 fully saturated rings. The van der Waals surface area contributed by atoms with Gasteiger partial charge in [0, 0.05) is 49.0 Å². The first-order chi connectivity index (χ1) is 35.7. The van der Waals surface area contributed by atoms with Crippen molar-refractivity contribution in [2.45, 2.75) is 105 Å². The second-order valence-corrected chi connectivity index (χ2v) is 24.7. The van der Waals surface area contributed by atoms with Gasteiger partial charge in [-0.15, -0.1) is 0 Å². The van der Waals surface area contributed by atoms with E-state index in [4.69, 9.17) is 14.4 Å². The molecule has 0 spiro atoms. The van der Waals surface area contributed by atoms with E-state index in [0.717, 1.165) is 93.8 Å². The molecule has 8 aromatic carbocycles. The van der Waals surface area contributed by atoms with Gasteiger partial charge in [-0.05, 0) is 111 Å². The van der Waals surface area contributed by atoms with Gasteiger partial charge in [0.25, 0.3) is 0 Å². The van der Waals surface area contributed by atoms with Crippen LogP contribution in [0.25, 0.3) is 116 Å². The van der Waals surface area contributed by atoms with E-state index in [0.29, 0.717) is 22.7 Å². The first-order valence-corrected chi connectivity index (χ1v) is 26.3. The highest BCUT2D eigenvalue weighted by Crippen LogP contribution is 2.50. The van der Waals surface area contributed by atoms with E-state index in [1.54, 1.807) is 0 Å². The van der Waals surface area contributed by atoms with Crippen molar-refractivity contribution in [2.75, 3.05) is 0 Å². The predicted octanol–water partition coefficient (Wildman–Crippen LogP) is 19.3. The van der Waals surface area contributed by atoms with Crippen molar-refractivity contribution in [2.24, 2.45) is 0 Å². The maximum atomic E-state index is 9.26. The molecule has 0 saturated carbocycles. The Morgan fingerprint density at radius 1 is 0.413 bits per heavy atom. The summed E-state index contributed by atoms with van der Waals surface area (Å²) >= 11 is 0. The highest BCUT2D eigenvalue weighted by atomic mass is 16.3. The number of nitrogens with zero attached hydrogens (tertiary/aromatic N) is 5. The van der Waals surface area contributed by atoms with Crippen LogP contribution in [0.4, 0.5) is 5.69 Å². The molecule has 370 valence electrons. The van der Waals surface area contributed by atoms with E-state index in [-0.39, 0.29) is 21.7 Å². The van der Waals surface area contributed by atoms with Crippen molar-refractivity contribution in [3.05, 3.63) is 197 Å². The molecule has 12 rings (SSSR count). The highest BCUT2D eigenvalue weighted by Gasteiger charge is 2.30. The lowest BCUT2D eigenvalue weighted by atomic mass is 9.85. The Kier molecular flexibility index (Phi) is 10.7. The molecular formula is C69H63N5O. The van der Waals surface area contributed by atoms with Crippen LogP contribution in [-0.4, -0.2) is 19.1 Å². The van der Waals surface area contributed by atoms with E-state index in [1.807, 2.05) is 36.4 Å². The van der Waals surface area contributed by atoms with Crippen LogP contribution < -0.4 is 0 Å². The average Bonchev–Trinajstić information content (AvgIpc) is 4.15. The Balaban J connectivity index is 1.25. The third-order valence-corrected chi connectivity index (χ3v) is 15.4. The Bertz CT molecular complexity index is 4120. The molecule has 0 radical (unpaired) electrons. The fraction of sp³-hybridized carbons (Fsp3) is 0.232. The largest absolute Gasteiger partial charge is 0.453 e. The first kappa shape index (κ1) is 47.7. The van der Waals surface area contributed by atoms with Gasteiger partial charge in [-0.2, -0.15) is 0 Å². The molecular weight excluding hydrogens is 915 g/mol. The molecule has 75 heavy (non-hydrogen) atoms. The fourth-order valence-electron chi connectivity index (χ4n) is 11.1. The molecule has 4 heterocycles. The normalized spacial score (nSPS) is 12.8. The van der Waals surface area contributed by atoms with Crippen LogP contribution in [0.15, 0.2) is 168 Å². The lowest BCUT2D eigenvalue weighted by molar-refractivity contribution is 0.590. The van der Waals surface area contributed by atoms with Crippen molar-refractivity contribution >= 4 is 71.2 Å². The Morgan fingerprint density at radius 3 is 1.31 bits per heavy atom. The number of hydrogen-bond donors (Lipinski definition) is 0. The Hall–Kier alpha value is -8.27. The minimum Gasteiger partial charge on any atom is -0.453 e. The fourth-order valence-corrected chi connectivity index (χ4v) is 11.1. The Labute approximate surface area is 440 Å². The molecule has 0 bridgehead atoms. The average molecular weight is 978 g/mol. The Morgan fingerprint density at radius 2 is 0.853 bits per heavy atom. The lowest BCUT2D eigenvalue weighted by Crippen LogP contribution is -2.10. The van der Waals surface area contributed by atoms with E-state index in [1.165, 1.54) is 22.3 Å². The molecule has 4 aromatic heterocycles. The predicted molar refractivity (Wildman–Crippen MR) is 315 cm³/mol. The van der Waals surface area contributed by atoms with Crippen LogP contribution in [0.2, 0.25) is 0 Å². The summed E-state index contributed by atoms with van der Waals surface area (Å²) in [5.41, 5.74) is 16.7. The monoisotopic (exact) mass is 978 g/mol. The lowest BCUT2D eigenvalue weighted by Gasteiger charge is -2.20. The van der Waals surface area contributed by atoms with Gasteiger partial charge in [0.2, 0.25) is 5.69 Å². The number of benzene rings is 8. The number of fused-ring (bicyclic) bond motifs is 9. The number of rotatable bonds is 5. The zero-order chi connectivity index (χ0) is 52.5. The zero-order valence-corrected chi connectivity index (χ0v) is 45.2. The van der Waals surface area contributed by atoms with Gasteiger partial charge in [0.05, 0.1) is 51.4 Å². The van der Waals surface area contributed by atoms with Crippen molar-refractivity contribution in [3.8, 4) is 45.3 Å². The minimum absolute atomic E-state index is 0.0725. The van der Waals surface area contributed by atoms with Crippen LogP contribution in [-0.2, 0) is 21.7 Å². The van der Waals surface area contributed by atoms with Crippen LogP contribution >= 0.6 is 0 Å². The maximum absolute atomic E-state index is 9.26. The molecule has 0 aliphatic rings. The highest BCUT2D eigenvalue weighted by molar-refractivity contribution is 6.21. The van der Waals surface area contributed by atoms with Gasteiger partial charge in [-0.1, -0.05) is 180 Å². The molecule has 0 atom stereocenters. The van der Waals surface area contributed by atoms with Gasteiger partial charge in [0.1, 0.15) is 5.58 Å². The minimum atomic E-state index is -0.0800. The summed E-state index contributed by atoms with van der Waals surface area (Å²) in [6.45, 7) is 36.5. The molecule has 0 unspecified atom stereocenters. The van der Waals surface area contributed by atoms with Gasteiger partial charge < -0.3 is 13.6 Å². The van der Waals surface area contributed by atoms with Gasteiger partial charge in [0.15, 0.2) is 11.4 Å². The summed E-state index contributed by atoms with van der Waals surface area (Å²) in [6, 6.07) is 58.6. The summed E-state index contributed by atoms with van der Waals surface area (Å²) < 4.78 is 12.3. The number of furan rings is 1. The van der Waals surface area contributed by atoms with Crippen LogP contribution in [0.3, 0.4) is 0 Å². The summed E-state index contributed by atoms with van der Waals surface area (Å²) in [5, 5.41) is 6.39. The zero-order valence-electron chi connectivity index (χ0n) is 45.2. The maximum Gasteiger partial charge on any atom is 0.213 e. The van der Waals surface area contributed by atoms with Gasteiger partial charge >= 0.3 is 0 Å². The SMILES string of the molecule is [C-]#[N+]c1cc(-n2c3ccc(C(C)(C)C)cc3c3cc(C(C)(C)C)ccc32)c2oc3c(-c4cc(-c5ccccc5)nc(-c5ccccc5)n4)cccc3c2c1-n1c2ccc(C(C)(C)C)cc2c2cc(C(C)(C)C)ccc21. The summed E-state index contributed by atoms with van der Waals surface area (Å²) in [6.07, 6.45) is 0. The summed E-state index contributed by atoms with van der Waals surface area (Å²) in [5.74, 6) is 0.626. The first-order valence-electron chi connectivity index (χ1n) is 26.3. The van der Waals surface area contributed by atoms with Crippen molar-refractivity contribution in [1.29, 1.82) is 0 Å². The van der Waals surface area contributed by atoms with Gasteiger partial charge in [-0.3, -0.25) is 0 Å². The van der Waals surface area contributed by atoms with Gasteiger partial charge in [-0.25, -0.2) is 14.8 Å². The van der Waals surface area contributed by atoms with Crippen molar-refractivity contribution in [3.63, 3.8) is 0 Å². The molecule has 0 aliphatic carbocycles.